The Labute approximate surface area is 124 Å². The Balaban J connectivity index is 2.37. The van der Waals surface area contributed by atoms with Crippen molar-refractivity contribution in [3.8, 4) is 0 Å². The number of anilines is 2. The lowest BCUT2D eigenvalue weighted by Crippen LogP contribution is -2.29. The van der Waals surface area contributed by atoms with E-state index in [1.807, 2.05) is 6.92 Å². The lowest BCUT2D eigenvalue weighted by Gasteiger charge is -2.14. The summed E-state index contributed by atoms with van der Waals surface area (Å²) in [6.07, 6.45) is 0.389. The molecular formula is C14H21ClN2O3. The van der Waals surface area contributed by atoms with E-state index >= 15 is 0 Å². The van der Waals surface area contributed by atoms with Gasteiger partial charge in [0.15, 0.2) is 0 Å². The summed E-state index contributed by atoms with van der Waals surface area (Å²) in [4.78, 5) is 11.9. The van der Waals surface area contributed by atoms with E-state index in [1.165, 1.54) is 0 Å². The minimum absolute atomic E-state index is 0.257. The van der Waals surface area contributed by atoms with E-state index in [4.69, 9.17) is 26.8 Å². The monoisotopic (exact) mass is 300 g/mol. The van der Waals surface area contributed by atoms with Crippen LogP contribution < -0.4 is 11.1 Å². The number of benzene rings is 1. The van der Waals surface area contributed by atoms with Crippen molar-refractivity contribution in [2.75, 3.05) is 30.9 Å². The van der Waals surface area contributed by atoms with E-state index in [0.717, 1.165) is 6.42 Å². The molecule has 1 aromatic carbocycles. The van der Waals surface area contributed by atoms with Crippen LogP contribution in [0, 0.1) is 0 Å². The molecule has 1 aromatic rings. The molecule has 0 aromatic heterocycles. The molecule has 1 unspecified atom stereocenters. The second-order valence-corrected chi connectivity index (χ2v) is 4.76. The van der Waals surface area contributed by atoms with Crippen molar-refractivity contribution in [3.05, 3.63) is 23.2 Å². The number of ether oxygens (including phenoxy) is 2. The first-order valence-corrected chi connectivity index (χ1v) is 6.97. The van der Waals surface area contributed by atoms with Crippen molar-refractivity contribution in [2.45, 2.75) is 26.4 Å². The van der Waals surface area contributed by atoms with Crippen LogP contribution in [0.5, 0.6) is 0 Å². The first kappa shape index (κ1) is 16.8. The number of nitrogen functional groups attached to an aromatic ring is 1. The zero-order valence-corrected chi connectivity index (χ0v) is 12.6. The van der Waals surface area contributed by atoms with Gasteiger partial charge in [0, 0.05) is 12.3 Å². The van der Waals surface area contributed by atoms with Crippen molar-refractivity contribution in [1.82, 2.24) is 0 Å². The van der Waals surface area contributed by atoms with Crippen LogP contribution in [0.4, 0.5) is 11.4 Å². The Bertz CT molecular complexity index is 440. The van der Waals surface area contributed by atoms with Crippen LogP contribution in [-0.4, -0.2) is 31.8 Å². The molecule has 0 aliphatic rings. The quantitative estimate of drug-likeness (QED) is 0.572. The Hall–Kier alpha value is -1.30. The Morgan fingerprint density at radius 1 is 1.40 bits per heavy atom. The third-order valence-corrected chi connectivity index (χ3v) is 2.88. The lowest BCUT2D eigenvalue weighted by molar-refractivity contribution is -0.127. The van der Waals surface area contributed by atoms with E-state index in [9.17, 15) is 4.79 Å². The van der Waals surface area contributed by atoms with Gasteiger partial charge in [-0.2, -0.15) is 0 Å². The highest BCUT2D eigenvalue weighted by molar-refractivity contribution is 6.34. The summed E-state index contributed by atoms with van der Waals surface area (Å²) in [7, 11) is 0. The first-order chi connectivity index (χ1) is 9.54. The molecule has 0 heterocycles. The predicted molar refractivity (Wildman–Crippen MR) is 81.0 cm³/mol. The van der Waals surface area contributed by atoms with E-state index in [1.54, 1.807) is 25.1 Å². The van der Waals surface area contributed by atoms with Gasteiger partial charge in [-0.1, -0.05) is 18.5 Å². The van der Waals surface area contributed by atoms with Crippen LogP contribution in [0.25, 0.3) is 0 Å². The third-order valence-electron chi connectivity index (χ3n) is 2.56. The molecule has 0 bridgehead atoms. The molecule has 6 heteroatoms. The Kier molecular flexibility index (Phi) is 7.36. The number of nitrogens with two attached hydrogens (primary N) is 1. The molecule has 1 atom stereocenters. The molecule has 5 nitrogen and oxygen atoms in total. The third kappa shape index (κ3) is 5.77. The van der Waals surface area contributed by atoms with Gasteiger partial charge in [0.25, 0.3) is 5.91 Å². The van der Waals surface area contributed by atoms with Gasteiger partial charge in [-0.15, -0.1) is 0 Å². The molecule has 3 N–H and O–H groups in total. The molecule has 1 amide bonds. The maximum atomic E-state index is 11.9. The standard InChI is InChI=1S/C14H21ClN2O3/c1-3-6-19-7-8-20-10(2)14(18)17-13-5-4-11(16)9-12(13)15/h4-5,9-10H,3,6-8,16H2,1-2H3,(H,17,18). The van der Waals surface area contributed by atoms with Crippen molar-refractivity contribution in [1.29, 1.82) is 0 Å². The van der Waals surface area contributed by atoms with Crippen LogP contribution in [-0.2, 0) is 14.3 Å². The molecule has 0 fully saturated rings. The molecule has 1 rings (SSSR count). The number of hydrogen-bond acceptors (Lipinski definition) is 4. The van der Waals surface area contributed by atoms with Crippen LogP contribution in [0.3, 0.4) is 0 Å². The number of rotatable bonds is 8. The number of hydrogen-bond donors (Lipinski definition) is 2. The summed E-state index contributed by atoms with van der Waals surface area (Å²) in [6.45, 7) is 5.27. The fourth-order valence-corrected chi connectivity index (χ4v) is 1.71. The molecular weight excluding hydrogens is 280 g/mol. The van der Waals surface area contributed by atoms with Crippen molar-refractivity contribution < 1.29 is 14.3 Å². The van der Waals surface area contributed by atoms with Gasteiger partial charge in [-0.05, 0) is 31.5 Å². The lowest BCUT2D eigenvalue weighted by atomic mass is 10.2. The van der Waals surface area contributed by atoms with E-state index in [2.05, 4.69) is 5.32 Å². The van der Waals surface area contributed by atoms with Crippen molar-refractivity contribution in [2.24, 2.45) is 0 Å². The summed E-state index contributed by atoms with van der Waals surface area (Å²) in [5, 5.41) is 3.10. The number of halogens is 1. The maximum absolute atomic E-state index is 11.9. The van der Waals surface area contributed by atoms with Crippen LogP contribution in [0.15, 0.2) is 18.2 Å². The fourth-order valence-electron chi connectivity index (χ4n) is 1.47. The van der Waals surface area contributed by atoms with Gasteiger partial charge in [-0.25, -0.2) is 0 Å². The topological polar surface area (TPSA) is 73.6 Å². The van der Waals surface area contributed by atoms with Gasteiger partial charge >= 0.3 is 0 Å². The highest BCUT2D eigenvalue weighted by atomic mass is 35.5. The van der Waals surface area contributed by atoms with E-state index in [0.29, 0.717) is 36.2 Å². The van der Waals surface area contributed by atoms with E-state index in [-0.39, 0.29) is 5.91 Å². The number of carbonyl (C=O) groups is 1. The largest absolute Gasteiger partial charge is 0.399 e. The van der Waals surface area contributed by atoms with Crippen molar-refractivity contribution in [3.63, 3.8) is 0 Å². The van der Waals surface area contributed by atoms with Gasteiger partial charge in [0.05, 0.1) is 23.9 Å². The molecule has 0 spiro atoms. The minimum atomic E-state index is -0.575. The molecule has 0 saturated carbocycles. The average Bonchev–Trinajstić information content (AvgIpc) is 2.41. The van der Waals surface area contributed by atoms with E-state index < -0.39 is 6.10 Å². The summed E-state index contributed by atoms with van der Waals surface area (Å²) in [6, 6.07) is 4.92. The number of amides is 1. The zero-order valence-electron chi connectivity index (χ0n) is 11.8. The SMILES string of the molecule is CCCOCCOC(C)C(=O)Nc1ccc(N)cc1Cl. The van der Waals surface area contributed by atoms with Gasteiger partial charge in [-0.3, -0.25) is 4.79 Å². The van der Waals surface area contributed by atoms with Crippen LogP contribution in [0.1, 0.15) is 20.3 Å². The molecule has 0 aliphatic heterocycles. The molecule has 0 aliphatic carbocycles. The second-order valence-electron chi connectivity index (χ2n) is 4.35. The fraction of sp³-hybridized carbons (Fsp3) is 0.500. The summed E-state index contributed by atoms with van der Waals surface area (Å²) in [5.74, 6) is -0.257. The minimum Gasteiger partial charge on any atom is -0.399 e. The first-order valence-electron chi connectivity index (χ1n) is 6.59. The molecule has 0 saturated heterocycles. The summed E-state index contributed by atoms with van der Waals surface area (Å²) >= 11 is 5.98. The predicted octanol–water partition coefficient (Wildman–Crippen LogP) is 2.69. The summed E-state index contributed by atoms with van der Waals surface area (Å²) in [5.41, 5.74) is 6.65. The zero-order chi connectivity index (χ0) is 15.0. The smallest absolute Gasteiger partial charge is 0.253 e. The normalized spacial score (nSPS) is 12.2. The van der Waals surface area contributed by atoms with Crippen molar-refractivity contribution >= 4 is 28.9 Å². The van der Waals surface area contributed by atoms with Crippen LogP contribution >= 0.6 is 11.6 Å². The van der Waals surface area contributed by atoms with Gasteiger partial charge < -0.3 is 20.5 Å². The molecule has 112 valence electrons. The van der Waals surface area contributed by atoms with Crippen LogP contribution in [0.2, 0.25) is 5.02 Å². The van der Waals surface area contributed by atoms with Gasteiger partial charge in [0.2, 0.25) is 0 Å². The van der Waals surface area contributed by atoms with Gasteiger partial charge in [0.1, 0.15) is 6.10 Å². The maximum Gasteiger partial charge on any atom is 0.253 e. The second kappa shape index (κ2) is 8.79. The Morgan fingerprint density at radius 2 is 2.15 bits per heavy atom. The number of carbonyl (C=O) groups excluding carboxylic acids is 1. The Morgan fingerprint density at radius 3 is 2.80 bits per heavy atom. The molecule has 0 radical (unpaired) electrons. The average molecular weight is 301 g/mol. The molecule has 20 heavy (non-hydrogen) atoms. The summed E-state index contributed by atoms with van der Waals surface area (Å²) < 4.78 is 10.7. The highest BCUT2D eigenvalue weighted by Crippen LogP contribution is 2.24. The highest BCUT2D eigenvalue weighted by Gasteiger charge is 2.14. The number of nitrogens with one attached hydrogen (secondary N) is 1.